The normalized spacial score (nSPS) is 12.8. The maximum absolute atomic E-state index is 12.1. The van der Waals surface area contributed by atoms with Gasteiger partial charge in [-0.05, 0) is 57.3 Å². The molecule has 1 unspecified atom stereocenters. The molecule has 0 spiro atoms. The van der Waals surface area contributed by atoms with Crippen molar-refractivity contribution in [2.75, 3.05) is 0 Å². The van der Waals surface area contributed by atoms with Crippen LogP contribution in [-0.2, 0) is 4.12 Å². The van der Waals surface area contributed by atoms with Crippen molar-refractivity contribution in [3.63, 3.8) is 0 Å². The van der Waals surface area contributed by atoms with Crippen molar-refractivity contribution < 1.29 is 14.0 Å². The highest BCUT2D eigenvalue weighted by Crippen LogP contribution is 2.20. The lowest BCUT2D eigenvalue weighted by atomic mass is 9.97. The summed E-state index contributed by atoms with van der Waals surface area (Å²) in [7, 11) is -2.46. The van der Waals surface area contributed by atoms with Gasteiger partial charge in [-0.3, -0.25) is 4.79 Å². The van der Waals surface area contributed by atoms with E-state index in [4.69, 9.17) is 4.12 Å². The number of aliphatic hydroxyl groups is 1. The Morgan fingerprint density at radius 1 is 0.846 bits per heavy atom. The molecule has 3 nitrogen and oxygen atoms in total. The van der Waals surface area contributed by atoms with Gasteiger partial charge in [0.25, 0.3) is 0 Å². The van der Waals surface area contributed by atoms with E-state index >= 15 is 0 Å². The van der Waals surface area contributed by atoms with E-state index < -0.39 is 22.7 Å². The van der Waals surface area contributed by atoms with Gasteiger partial charge in [-0.1, -0.05) is 54.6 Å². The smallest absolute Gasteiger partial charge is 0.196 e. The molecule has 5 heteroatoms. The van der Waals surface area contributed by atoms with Crippen LogP contribution in [0, 0.1) is 6.92 Å². The number of hydrogen-bond donors (Lipinski definition) is 1. The van der Waals surface area contributed by atoms with Gasteiger partial charge < -0.3 is 9.22 Å². The second-order valence-electron chi connectivity index (χ2n) is 8.32. The fraction of sp³-hybridized carbons (Fsp3) is 0.381. The predicted octanol–water partition coefficient (Wildman–Crippen LogP) is 5.58. The van der Waals surface area contributed by atoms with Gasteiger partial charge in [-0.2, -0.15) is 0 Å². The van der Waals surface area contributed by atoms with Crippen molar-refractivity contribution in [2.24, 2.45) is 0 Å². The van der Waals surface area contributed by atoms with Gasteiger partial charge in [0, 0.05) is 5.56 Å². The highest BCUT2D eigenvalue weighted by Gasteiger charge is 2.24. The molecule has 1 N–H and O–H groups in total. The first kappa shape index (κ1) is 22.5. The molecule has 0 heterocycles. The molecule has 0 aliphatic carbocycles. The zero-order chi connectivity index (χ0) is 20.0. The Kier molecular flexibility index (Phi) is 8.15. The van der Waals surface area contributed by atoms with Crippen LogP contribution in [0.15, 0.2) is 54.6 Å². The van der Waals surface area contributed by atoms with Gasteiger partial charge in [0.05, 0.1) is 0 Å². The average Bonchev–Trinajstić information content (AvgIpc) is 2.52. The number of carbonyl (C=O) groups is 1. The van der Waals surface area contributed by atoms with Gasteiger partial charge >= 0.3 is 0 Å². The first-order valence-electron chi connectivity index (χ1n) is 8.94. The van der Waals surface area contributed by atoms with Crippen LogP contribution in [0.5, 0.6) is 0 Å². The molecule has 0 saturated carbocycles. The monoisotopic (exact) mass is 388 g/mol. The molecule has 0 aliphatic rings. The third kappa shape index (κ3) is 8.23. The van der Waals surface area contributed by atoms with Crippen LogP contribution in [0.1, 0.15) is 27.6 Å². The second-order valence-corrected chi connectivity index (χ2v) is 17.6. The number of Topliss-reactive ketones (excluding diaryl/α,β-unsaturated/α-hetero) is 1. The largest absolute Gasteiger partial charge is 0.456 e. The van der Waals surface area contributed by atoms with E-state index in [1.54, 1.807) is 24.3 Å². The fourth-order valence-electron chi connectivity index (χ4n) is 2.70. The Bertz CT molecular complexity index is 689. The van der Waals surface area contributed by atoms with E-state index in [1.165, 1.54) is 0 Å². The first-order valence-corrected chi connectivity index (χ1v) is 15.8. The fourth-order valence-corrected chi connectivity index (χ4v) is 10.1. The Hall–Kier alpha value is -1.54. The molecule has 1 atom stereocenters. The summed E-state index contributed by atoms with van der Waals surface area (Å²) in [4.78, 5) is 12.1. The maximum atomic E-state index is 12.1. The molecule has 0 fully saturated rings. The van der Waals surface area contributed by atoms with Crippen molar-refractivity contribution in [1.29, 1.82) is 0 Å². The quantitative estimate of drug-likeness (QED) is 0.537. The van der Waals surface area contributed by atoms with Gasteiger partial charge in [-0.15, -0.1) is 0 Å². The minimum Gasteiger partial charge on any atom is -0.456 e. The highest BCUT2D eigenvalue weighted by molar-refractivity contribution is 6.83. The van der Waals surface area contributed by atoms with E-state index in [2.05, 4.69) is 39.3 Å². The molecule has 26 heavy (non-hydrogen) atoms. The lowest BCUT2D eigenvalue weighted by Gasteiger charge is -2.27. The van der Waals surface area contributed by atoms with Crippen molar-refractivity contribution >= 4 is 22.4 Å². The van der Waals surface area contributed by atoms with E-state index in [9.17, 15) is 9.90 Å². The van der Waals surface area contributed by atoms with Crippen LogP contribution < -0.4 is 0 Å². The molecule has 0 aromatic heterocycles. The van der Waals surface area contributed by atoms with Crippen LogP contribution in [0.4, 0.5) is 0 Å². The predicted molar refractivity (Wildman–Crippen MR) is 115 cm³/mol. The zero-order valence-electron chi connectivity index (χ0n) is 17.0. The molecule has 0 bridgehead atoms. The maximum Gasteiger partial charge on any atom is 0.196 e. The number of aliphatic hydroxyl groups excluding tert-OH is 1. The summed E-state index contributed by atoms with van der Waals surface area (Å²) >= 11 is 0. The number of hydrogen-bond acceptors (Lipinski definition) is 3. The lowest BCUT2D eigenvalue weighted by molar-refractivity contribution is 0.0747. The van der Waals surface area contributed by atoms with Crippen LogP contribution >= 0.6 is 0 Å². The summed E-state index contributed by atoms with van der Waals surface area (Å²) < 4.78 is 5.90. The summed E-state index contributed by atoms with van der Waals surface area (Å²) in [6.45, 7) is 15.3. The Balaban J connectivity index is 0.000000321. The molecule has 0 amide bonds. The lowest BCUT2D eigenvalue weighted by Crippen LogP contribution is -2.39. The number of aryl methyl sites for hydroxylation is 1. The first-order chi connectivity index (χ1) is 11.9. The van der Waals surface area contributed by atoms with Gasteiger partial charge in [0.1, 0.15) is 6.10 Å². The van der Waals surface area contributed by atoms with Crippen molar-refractivity contribution in [3.8, 4) is 0 Å². The van der Waals surface area contributed by atoms with Crippen LogP contribution in [-0.4, -0.2) is 27.5 Å². The van der Waals surface area contributed by atoms with Gasteiger partial charge in [0.2, 0.25) is 0 Å². The molecular formula is C21H32O3Si2. The molecule has 2 aromatic rings. The summed E-state index contributed by atoms with van der Waals surface area (Å²) in [5, 5.41) is 10.0. The summed E-state index contributed by atoms with van der Waals surface area (Å²) in [5.41, 5.74) is 2.08. The molecule has 2 aromatic carbocycles. The van der Waals surface area contributed by atoms with Crippen LogP contribution in [0.2, 0.25) is 39.3 Å². The summed E-state index contributed by atoms with van der Waals surface area (Å²) in [5.74, 6) is -0.255. The minimum absolute atomic E-state index is 0.255. The van der Waals surface area contributed by atoms with Crippen molar-refractivity contribution in [2.45, 2.75) is 52.3 Å². The zero-order valence-corrected chi connectivity index (χ0v) is 19.0. The standard InChI is InChI=1S/C15H14O2.C6H18OSi2/c1-11-7-5-6-10-13(11)15(17)14(16)12-8-3-2-4-9-12;1-8(2,3)7-9(4,5)6/h2-10,14,16H,1H3;1-6H3. The Labute approximate surface area is 160 Å². The minimum atomic E-state index is -1.23. The van der Waals surface area contributed by atoms with Crippen LogP contribution in [0.3, 0.4) is 0 Å². The van der Waals surface area contributed by atoms with Gasteiger partial charge in [0.15, 0.2) is 22.4 Å². The van der Waals surface area contributed by atoms with E-state index in [0.717, 1.165) is 5.56 Å². The summed E-state index contributed by atoms with van der Waals surface area (Å²) in [6.07, 6.45) is -1.09. The number of ketones is 1. The van der Waals surface area contributed by atoms with Crippen LogP contribution in [0.25, 0.3) is 0 Å². The van der Waals surface area contributed by atoms with Gasteiger partial charge in [-0.25, -0.2) is 0 Å². The van der Waals surface area contributed by atoms with E-state index in [-0.39, 0.29) is 5.78 Å². The second kappa shape index (κ2) is 9.41. The van der Waals surface area contributed by atoms with E-state index in [0.29, 0.717) is 11.1 Å². The highest BCUT2D eigenvalue weighted by atomic mass is 28.4. The molecule has 0 aliphatic heterocycles. The topological polar surface area (TPSA) is 46.5 Å². The Morgan fingerprint density at radius 2 is 1.31 bits per heavy atom. The van der Waals surface area contributed by atoms with Crippen molar-refractivity contribution in [3.05, 3.63) is 71.3 Å². The summed E-state index contributed by atoms with van der Waals surface area (Å²) in [6, 6.07) is 16.3. The van der Waals surface area contributed by atoms with Crippen molar-refractivity contribution in [1.82, 2.24) is 0 Å². The number of rotatable bonds is 5. The molecular weight excluding hydrogens is 356 g/mol. The molecule has 2 rings (SSSR count). The molecule has 142 valence electrons. The molecule has 0 saturated heterocycles. The Morgan fingerprint density at radius 3 is 1.73 bits per heavy atom. The third-order valence-corrected chi connectivity index (χ3v) is 8.29. The average molecular weight is 389 g/mol. The number of carbonyl (C=O) groups excluding carboxylic acids is 1. The SMILES string of the molecule is C[Si](C)(C)O[Si](C)(C)C.Cc1ccccc1C(=O)C(O)c1ccccc1. The van der Waals surface area contributed by atoms with E-state index in [1.807, 2.05) is 37.3 Å². The third-order valence-electron chi connectivity index (χ3n) is 3.39. The number of benzene rings is 2. The molecule has 0 radical (unpaired) electrons.